The van der Waals surface area contributed by atoms with Crippen LogP contribution in [0.2, 0.25) is 0 Å². The van der Waals surface area contributed by atoms with Crippen LogP contribution in [-0.4, -0.2) is 41.4 Å². The standard InChI is InChI=1S/C24H21N3O5S2/c1-31-18-5-3-4-15(12-18)13-27-22(29)21-19(10-11-33-21)26-24(27)34-14-20(28)25-17-8-6-16(7-9-17)23(30)32-2/h3-12H,13-14H2,1-2H3,(H,25,28). The van der Waals surface area contributed by atoms with Crippen LogP contribution in [-0.2, 0) is 16.1 Å². The van der Waals surface area contributed by atoms with Gasteiger partial charge in [0.15, 0.2) is 5.16 Å². The Balaban J connectivity index is 1.52. The summed E-state index contributed by atoms with van der Waals surface area (Å²) in [6, 6.07) is 15.7. The smallest absolute Gasteiger partial charge is 0.337 e. The van der Waals surface area contributed by atoms with Gasteiger partial charge in [-0.15, -0.1) is 11.3 Å². The molecule has 0 fully saturated rings. The normalized spacial score (nSPS) is 10.8. The molecule has 0 radical (unpaired) electrons. The van der Waals surface area contributed by atoms with E-state index in [-0.39, 0.29) is 17.2 Å². The summed E-state index contributed by atoms with van der Waals surface area (Å²) in [6.45, 7) is 0.301. The van der Waals surface area contributed by atoms with Crippen LogP contribution < -0.4 is 15.6 Å². The molecule has 1 N–H and O–H groups in total. The first-order valence-electron chi connectivity index (χ1n) is 10.2. The minimum Gasteiger partial charge on any atom is -0.497 e. The average Bonchev–Trinajstić information content (AvgIpc) is 3.33. The molecule has 0 unspecified atom stereocenters. The molecule has 0 saturated carbocycles. The van der Waals surface area contributed by atoms with Gasteiger partial charge in [-0.05, 0) is 53.4 Å². The number of thioether (sulfide) groups is 1. The number of fused-ring (bicyclic) bond motifs is 1. The third kappa shape index (κ3) is 5.29. The highest BCUT2D eigenvalue weighted by Crippen LogP contribution is 2.23. The third-order valence-electron chi connectivity index (χ3n) is 4.93. The van der Waals surface area contributed by atoms with Gasteiger partial charge >= 0.3 is 5.97 Å². The zero-order chi connectivity index (χ0) is 24.1. The van der Waals surface area contributed by atoms with Crippen molar-refractivity contribution in [3.63, 3.8) is 0 Å². The SMILES string of the molecule is COC(=O)c1ccc(NC(=O)CSc2nc3ccsc3c(=O)n2Cc2cccc(OC)c2)cc1. The van der Waals surface area contributed by atoms with Gasteiger partial charge in [-0.25, -0.2) is 9.78 Å². The topological polar surface area (TPSA) is 99.5 Å². The molecular weight excluding hydrogens is 474 g/mol. The molecule has 8 nitrogen and oxygen atoms in total. The number of esters is 1. The molecule has 34 heavy (non-hydrogen) atoms. The molecule has 2 aromatic heterocycles. The van der Waals surface area contributed by atoms with Crippen LogP contribution >= 0.6 is 23.1 Å². The minimum absolute atomic E-state index is 0.0545. The fraction of sp³-hybridized carbons (Fsp3) is 0.167. The number of rotatable bonds is 8. The van der Waals surface area contributed by atoms with Crippen molar-refractivity contribution >= 4 is 50.9 Å². The largest absolute Gasteiger partial charge is 0.497 e. The van der Waals surface area contributed by atoms with Gasteiger partial charge in [0.1, 0.15) is 10.4 Å². The molecule has 0 saturated heterocycles. The zero-order valence-corrected chi connectivity index (χ0v) is 20.1. The van der Waals surface area contributed by atoms with Crippen molar-refractivity contribution in [3.05, 3.63) is 81.5 Å². The second kappa shape index (κ2) is 10.5. The van der Waals surface area contributed by atoms with E-state index in [9.17, 15) is 14.4 Å². The van der Waals surface area contributed by atoms with Crippen LogP contribution in [0.4, 0.5) is 5.69 Å². The second-order valence-corrected chi connectivity index (χ2v) is 9.04. The number of anilines is 1. The monoisotopic (exact) mass is 495 g/mol. The predicted octanol–water partition coefficient (Wildman–Crippen LogP) is 4.03. The van der Waals surface area contributed by atoms with Gasteiger partial charge in [-0.2, -0.15) is 0 Å². The number of hydrogen-bond acceptors (Lipinski definition) is 8. The lowest BCUT2D eigenvalue weighted by Gasteiger charge is -2.13. The lowest BCUT2D eigenvalue weighted by atomic mass is 10.2. The number of hydrogen-bond donors (Lipinski definition) is 1. The molecule has 0 spiro atoms. The van der Waals surface area contributed by atoms with E-state index in [4.69, 9.17) is 4.74 Å². The summed E-state index contributed by atoms with van der Waals surface area (Å²) in [5.74, 6) is 0.0436. The van der Waals surface area contributed by atoms with E-state index in [2.05, 4.69) is 15.0 Å². The molecule has 0 aliphatic heterocycles. The van der Waals surface area contributed by atoms with E-state index in [1.165, 1.54) is 30.2 Å². The molecule has 2 aromatic carbocycles. The van der Waals surface area contributed by atoms with Gasteiger partial charge in [-0.1, -0.05) is 23.9 Å². The highest BCUT2D eigenvalue weighted by Gasteiger charge is 2.15. The van der Waals surface area contributed by atoms with E-state index in [0.29, 0.717) is 38.9 Å². The summed E-state index contributed by atoms with van der Waals surface area (Å²) in [5, 5.41) is 5.07. The van der Waals surface area contributed by atoms with Gasteiger partial charge in [0.2, 0.25) is 5.91 Å². The van der Waals surface area contributed by atoms with E-state index in [1.807, 2.05) is 29.6 Å². The van der Waals surface area contributed by atoms with Gasteiger partial charge in [0.25, 0.3) is 5.56 Å². The summed E-state index contributed by atoms with van der Waals surface area (Å²) in [4.78, 5) is 41.9. The van der Waals surface area contributed by atoms with Crippen LogP contribution in [0.1, 0.15) is 15.9 Å². The number of nitrogens with zero attached hydrogens (tertiary/aromatic N) is 2. The van der Waals surface area contributed by atoms with E-state index < -0.39 is 5.97 Å². The Morgan fingerprint density at radius 2 is 1.91 bits per heavy atom. The van der Waals surface area contributed by atoms with E-state index >= 15 is 0 Å². The van der Waals surface area contributed by atoms with Crippen molar-refractivity contribution in [1.82, 2.24) is 9.55 Å². The third-order valence-corrected chi connectivity index (χ3v) is 6.80. The Morgan fingerprint density at radius 3 is 2.65 bits per heavy atom. The molecule has 4 aromatic rings. The maximum Gasteiger partial charge on any atom is 0.337 e. The Hall–Kier alpha value is -3.63. The van der Waals surface area contributed by atoms with Gasteiger partial charge in [0.05, 0.1) is 37.6 Å². The number of benzene rings is 2. The maximum absolute atomic E-state index is 13.2. The van der Waals surface area contributed by atoms with Crippen LogP contribution in [0.15, 0.2) is 69.9 Å². The van der Waals surface area contributed by atoms with E-state index in [0.717, 1.165) is 5.56 Å². The molecule has 0 aliphatic rings. The van der Waals surface area contributed by atoms with Crippen LogP contribution in [0.5, 0.6) is 5.75 Å². The first-order valence-corrected chi connectivity index (χ1v) is 12.1. The Labute approximate surface area is 203 Å². The number of thiophene rings is 1. The first kappa shape index (κ1) is 23.5. The molecule has 0 bridgehead atoms. The van der Waals surface area contributed by atoms with Gasteiger partial charge < -0.3 is 14.8 Å². The van der Waals surface area contributed by atoms with E-state index in [1.54, 1.807) is 42.0 Å². The number of ether oxygens (including phenoxy) is 2. The molecule has 4 rings (SSSR count). The molecule has 174 valence electrons. The highest BCUT2D eigenvalue weighted by atomic mass is 32.2. The van der Waals surface area contributed by atoms with Crippen molar-refractivity contribution in [2.24, 2.45) is 0 Å². The number of aromatic nitrogens is 2. The first-order chi connectivity index (χ1) is 16.5. The number of carbonyl (C=O) groups excluding carboxylic acids is 2. The summed E-state index contributed by atoms with van der Waals surface area (Å²) < 4.78 is 12.1. The lowest BCUT2D eigenvalue weighted by Crippen LogP contribution is -2.24. The zero-order valence-electron chi connectivity index (χ0n) is 18.4. The van der Waals surface area contributed by atoms with Crippen LogP contribution in [0, 0.1) is 0 Å². The van der Waals surface area contributed by atoms with Gasteiger partial charge in [0, 0.05) is 5.69 Å². The van der Waals surface area contributed by atoms with Crippen molar-refractivity contribution in [3.8, 4) is 5.75 Å². The number of methoxy groups -OCH3 is 2. The fourth-order valence-electron chi connectivity index (χ4n) is 3.26. The Morgan fingerprint density at radius 1 is 1.12 bits per heavy atom. The van der Waals surface area contributed by atoms with Crippen molar-refractivity contribution in [2.75, 3.05) is 25.3 Å². The summed E-state index contributed by atoms with van der Waals surface area (Å²) in [5.41, 5.74) is 2.29. The van der Waals surface area contributed by atoms with Crippen molar-refractivity contribution in [1.29, 1.82) is 0 Å². The Bertz CT molecular complexity index is 1400. The Kier molecular flexibility index (Phi) is 7.29. The molecule has 2 heterocycles. The van der Waals surface area contributed by atoms with Gasteiger partial charge in [-0.3, -0.25) is 14.2 Å². The van der Waals surface area contributed by atoms with Crippen LogP contribution in [0.3, 0.4) is 0 Å². The highest BCUT2D eigenvalue weighted by molar-refractivity contribution is 7.99. The fourth-order valence-corrected chi connectivity index (χ4v) is 4.84. The van der Waals surface area contributed by atoms with Crippen molar-refractivity contribution in [2.45, 2.75) is 11.7 Å². The maximum atomic E-state index is 13.2. The second-order valence-electron chi connectivity index (χ2n) is 7.18. The summed E-state index contributed by atoms with van der Waals surface area (Å²) >= 11 is 2.53. The predicted molar refractivity (Wildman–Crippen MR) is 133 cm³/mol. The summed E-state index contributed by atoms with van der Waals surface area (Å²) in [7, 11) is 2.90. The quantitative estimate of drug-likeness (QED) is 0.224. The number of carbonyl (C=O) groups is 2. The molecule has 0 aliphatic carbocycles. The molecular formula is C24H21N3O5S2. The average molecular weight is 496 g/mol. The molecule has 0 atom stereocenters. The molecule has 1 amide bonds. The minimum atomic E-state index is -0.447. The number of nitrogens with one attached hydrogen (secondary N) is 1. The molecule has 10 heteroatoms. The van der Waals surface area contributed by atoms with Crippen LogP contribution in [0.25, 0.3) is 10.2 Å². The summed E-state index contributed by atoms with van der Waals surface area (Å²) in [6.07, 6.45) is 0. The number of amides is 1. The lowest BCUT2D eigenvalue weighted by molar-refractivity contribution is -0.113. The van der Waals surface area contributed by atoms with Crippen molar-refractivity contribution < 1.29 is 19.1 Å².